The summed E-state index contributed by atoms with van der Waals surface area (Å²) in [4.78, 5) is 20.1. The van der Waals surface area contributed by atoms with Gasteiger partial charge in [-0.25, -0.2) is 4.99 Å². The number of nitrogens with one attached hydrogen (secondary N) is 1. The molecule has 5 heteroatoms. The third-order valence-corrected chi connectivity index (χ3v) is 4.22. The fourth-order valence-electron chi connectivity index (χ4n) is 2.85. The summed E-state index contributed by atoms with van der Waals surface area (Å²) in [5.41, 5.74) is 1.38. The molecule has 1 aliphatic rings. The fraction of sp³-hybridized carbons (Fsp3) is 0.474. The van der Waals surface area contributed by atoms with Crippen molar-refractivity contribution < 1.29 is 4.79 Å². The van der Waals surface area contributed by atoms with Crippen LogP contribution in [0.4, 0.5) is 0 Å². The molecular formula is C19H28N4O. The molecule has 5 nitrogen and oxygen atoms in total. The number of likely N-dealkylation sites (tertiary alicyclic amines) is 1. The summed E-state index contributed by atoms with van der Waals surface area (Å²) in [5, 5.41) is 3.28. The number of carbonyl (C=O) groups is 1. The number of nitrogens with zero attached hydrogens (tertiary/aromatic N) is 3. The van der Waals surface area contributed by atoms with Crippen LogP contribution >= 0.6 is 0 Å². The Balaban J connectivity index is 1.96. The molecule has 1 N–H and O–H groups in total. The number of carbonyl (C=O) groups excluding carboxylic acids is 1. The highest BCUT2D eigenvalue weighted by Gasteiger charge is 2.25. The Morgan fingerprint density at radius 1 is 1.42 bits per heavy atom. The molecule has 1 heterocycles. The highest BCUT2D eigenvalue weighted by Crippen LogP contribution is 2.20. The predicted octanol–water partition coefficient (Wildman–Crippen LogP) is 1.77. The van der Waals surface area contributed by atoms with E-state index in [0.717, 1.165) is 31.9 Å². The molecule has 0 spiro atoms. The van der Waals surface area contributed by atoms with Gasteiger partial charge in [-0.1, -0.05) is 36.4 Å². The van der Waals surface area contributed by atoms with Crippen molar-refractivity contribution in [2.45, 2.75) is 12.8 Å². The maximum absolute atomic E-state index is 11.8. The van der Waals surface area contributed by atoms with Gasteiger partial charge in [0.2, 0.25) is 5.91 Å². The first-order valence-corrected chi connectivity index (χ1v) is 8.48. The van der Waals surface area contributed by atoms with Gasteiger partial charge in [-0.2, -0.15) is 0 Å². The molecule has 1 fully saturated rings. The third-order valence-electron chi connectivity index (χ3n) is 4.22. The molecule has 0 aromatic heterocycles. The molecule has 0 radical (unpaired) electrons. The monoisotopic (exact) mass is 328 g/mol. The molecule has 1 saturated heterocycles. The molecule has 130 valence electrons. The van der Waals surface area contributed by atoms with Crippen LogP contribution in [0.5, 0.6) is 0 Å². The van der Waals surface area contributed by atoms with Crippen molar-refractivity contribution >= 4 is 11.9 Å². The van der Waals surface area contributed by atoms with Crippen LogP contribution in [-0.2, 0) is 11.2 Å². The molecule has 1 aromatic carbocycles. The maximum Gasteiger partial charge on any atom is 0.243 e. The van der Waals surface area contributed by atoms with E-state index in [2.05, 4.69) is 52.1 Å². The molecule has 0 aliphatic carbocycles. The zero-order chi connectivity index (χ0) is 17.4. The Bertz CT molecular complexity index is 568. The maximum atomic E-state index is 11.8. The van der Waals surface area contributed by atoms with Crippen LogP contribution in [0.3, 0.4) is 0 Å². The van der Waals surface area contributed by atoms with Gasteiger partial charge in [0.05, 0.1) is 0 Å². The molecule has 0 saturated carbocycles. The van der Waals surface area contributed by atoms with E-state index in [9.17, 15) is 4.79 Å². The quantitative estimate of drug-likeness (QED) is 0.492. The lowest BCUT2D eigenvalue weighted by Crippen LogP contribution is -2.41. The number of amides is 1. The normalized spacial score (nSPS) is 17.7. The van der Waals surface area contributed by atoms with Crippen LogP contribution in [0.25, 0.3) is 0 Å². The first-order valence-electron chi connectivity index (χ1n) is 8.48. The first kappa shape index (κ1) is 18.0. The van der Waals surface area contributed by atoms with Gasteiger partial charge in [0, 0.05) is 33.7 Å². The summed E-state index contributed by atoms with van der Waals surface area (Å²) < 4.78 is 0. The van der Waals surface area contributed by atoms with Crippen LogP contribution in [0.1, 0.15) is 12.0 Å². The van der Waals surface area contributed by atoms with Crippen molar-refractivity contribution in [3.8, 4) is 0 Å². The summed E-state index contributed by atoms with van der Waals surface area (Å²) in [6.45, 7) is 6.50. The van der Waals surface area contributed by atoms with E-state index < -0.39 is 0 Å². The summed E-state index contributed by atoms with van der Waals surface area (Å²) >= 11 is 0. The van der Waals surface area contributed by atoms with Crippen molar-refractivity contribution in [3.63, 3.8) is 0 Å². The summed E-state index contributed by atoms with van der Waals surface area (Å²) in [7, 11) is 3.50. The van der Waals surface area contributed by atoms with Crippen molar-refractivity contribution in [1.29, 1.82) is 0 Å². The van der Waals surface area contributed by atoms with Gasteiger partial charge in [-0.3, -0.25) is 4.79 Å². The van der Waals surface area contributed by atoms with E-state index in [0.29, 0.717) is 12.5 Å². The van der Waals surface area contributed by atoms with Gasteiger partial charge >= 0.3 is 0 Å². The molecule has 1 amide bonds. The third kappa shape index (κ3) is 5.41. The number of hydrogen-bond acceptors (Lipinski definition) is 2. The van der Waals surface area contributed by atoms with Crippen LogP contribution < -0.4 is 5.32 Å². The zero-order valence-corrected chi connectivity index (χ0v) is 14.7. The second-order valence-electron chi connectivity index (χ2n) is 6.39. The number of guanidine groups is 1. The van der Waals surface area contributed by atoms with Gasteiger partial charge in [-0.15, -0.1) is 6.58 Å². The Morgan fingerprint density at radius 2 is 2.17 bits per heavy atom. The van der Waals surface area contributed by atoms with E-state index in [-0.39, 0.29) is 12.5 Å². The Hall–Kier alpha value is -2.30. The summed E-state index contributed by atoms with van der Waals surface area (Å²) in [6.07, 6.45) is 4.04. The Morgan fingerprint density at radius 3 is 2.83 bits per heavy atom. The minimum atomic E-state index is 0.00735. The zero-order valence-electron chi connectivity index (χ0n) is 14.7. The van der Waals surface area contributed by atoms with Crippen molar-refractivity contribution in [2.24, 2.45) is 10.9 Å². The number of hydrogen-bond donors (Lipinski definition) is 1. The number of benzene rings is 1. The first-order chi connectivity index (χ1) is 11.6. The van der Waals surface area contributed by atoms with Crippen LogP contribution in [-0.4, -0.2) is 61.9 Å². The molecule has 1 unspecified atom stereocenters. The number of likely N-dealkylation sites (N-methyl/N-ethyl adjacent to an activating group) is 1. The molecule has 0 bridgehead atoms. The Kier molecular flexibility index (Phi) is 6.85. The summed E-state index contributed by atoms with van der Waals surface area (Å²) in [6, 6.07) is 10.6. The Labute approximate surface area is 145 Å². The fourth-order valence-corrected chi connectivity index (χ4v) is 2.85. The van der Waals surface area contributed by atoms with Crippen LogP contribution in [0.2, 0.25) is 0 Å². The van der Waals surface area contributed by atoms with Gasteiger partial charge in [-0.05, 0) is 24.3 Å². The average Bonchev–Trinajstić information content (AvgIpc) is 3.03. The average molecular weight is 328 g/mol. The summed E-state index contributed by atoms with van der Waals surface area (Å²) in [5.74, 6) is 1.43. The van der Waals surface area contributed by atoms with Gasteiger partial charge in [0.25, 0.3) is 0 Å². The van der Waals surface area contributed by atoms with Crippen molar-refractivity contribution in [1.82, 2.24) is 15.1 Å². The van der Waals surface area contributed by atoms with Crippen LogP contribution in [0, 0.1) is 5.92 Å². The highest BCUT2D eigenvalue weighted by molar-refractivity contribution is 5.85. The van der Waals surface area contributed by atoms with Crippen molar-refractivity contribution in [3.05, 3.63) is 48.6 Å². The van der Waals surface area contributed by atoms with E-state index >= 15 is 0 Å². The molecule has 24 heavy (non-hydrogen) atoms. The second-order valence-corrected chi connectivity index (χ2v) is 6.39. The topological polar surface area (TPSA) is 47.9 Å². The smallest absolute Gasteiger partial charge is 0.243 e. The lowest BCUT2D eigenvalue weighted by atomic mass is 9.99. The van der Waals surface area contributed by atoms with Crippen LogP contribution in [0.15, 0.2) is 48.0 Å². The minimum Gasteiger partial charge on any atom is -0.353 e. The van der Waals surface area contributed by atoms with Crippen molar-refractivity contribution in [2.75, 3.05) is 40.3 Å². The van der Waals surface area contributed by atoms with E-state index in [4.69, 9.17) is 0 Å². The number of rotatable bonds is 6. The van der Waals surface area contributed by atoms with Gasteiger partial charge in [0.15, 0.2) is 5.96 Å². The molecule has 1 atom stereocenters. The number of aliphatic imine (C=N–C) groups is 1. The largest absolute Gasteiger partial charge is 0.353 e. The standard InChI is InChI=1S/C19H28N4O/c1-4-11-20-19(21-14-18(24)22(2)3)23-12-10-17(15-23)13-16-8-6-5-7-9-16/h4-9,17H,1,10-15H2,2-3H3,(H,20,21). The van der Waals surface area contributed by atoms with E-state index in [1.54, 1.807) is 25.1 Å². The second kappa shape index (κ2) is 9.11. The lowest BCUT2D eigenvalue weighted by molar-refractivity contribution is -0.127. The molecule has 1 aromatic rings. The van der Waals surface area contributed by atoms with Gasteiger partial charge < -0.3 is 15.1 Å². The molecule has 2 rings (SSSR count). The predicted molar refractivity (Wildman–Crippen MR) is 99.0 cm³/mol. The van der Waals surface area contributed by atoms with Gasteiger partial charge in [0.1, 0.15) is 6.54 Å². The SMILES string of the molecule is C=CCNC(=NCC(=O)N(C)C)N1CCC(Cc2ccccc2)C1. The minimum absolute atomic E-state index is 0.00735. The van der Waals surface area contributed by atoms with E-state index in [1.165, 1.54) is 5.56 Å². The lowest BCUT2D eigenvalue weighted by Gasteiger charge is -2.22. The highest BCUT2D eigenvalue weighted by atomic mass is 16.2. The molecular weight excluding hydrogens is 300 g/mol. The van der Waals surface area contributed by atoms with E-state index in [1.807, 2.05) is 0 Å². The molecule has 1 aliphatic heterocycles.